The number of phenols is 3. The molecule has 1 saturated heterocycles. The topological polar surface area (TPSA) is 283 Å². The van der Waals surface area contributed by atoms with Gasteiger partial charge in [-0.25, -0.2) is 0 Å². The first-order valence-corrected chi connectivity index (χ1v) is 24.5. The van der Waals surface area contributed by atoms with Crippen molar-refractivity contribution in [2.24, 2.45) is 34.7 Å². The van der Waals surface area contributed by atoms with Crippen molar-refractivity contribution < 1.29 is 73.2 Å². The van der Waals surface area contributed by atoms with Gasteiger partial charge in [0.15, 0.2) is 5.75 Å². The fraction of sp³-hybridized carbons (Fsp3) is 0.528. The lowest BCUT2D eigenvalue weighted by Crippen LogP contribution is -2.45. The van der Waals surface area contributed by atoms with Crippen molar-refractivity contribution in [2.75, 3.05) is 44.6 Å². The number of aromatic hydroxyl groups is 3. The zero-order chi connectivity index (χ0) is 54.1. The fourth-order valence-corrected chi connectivity index (χ4v) is 9.15. The number of hydrazone groups is 1. The second kappa shape index (κ2) is 24.8. The highest BCUT2D eigenvalue weighted by molar-refractivity contribution is 6.24. The summed E-state index contributed by atoms with van der Waals surface area (Å²) in [4.78, 5) is 76.6. The molecule has 2 aromatic carbocycles. The van der Waals surface area contributed by atoms with Crippen LogP contribution in [0.5, 0.6) is 23.0 Å². The lowest BCUT2D eigenvalue weighted by molar-refractivity contribution is -0.158. The minimum absolute atomic E-state index is 0.0373. The van der Waals surface area contributed by atoms with Crippen LogP contribution in [0.25, 0.3) is 10.8 Å². The first-order chi connectivity index (χ1) is 34.5. The van der Waals surface area contributed by atoms with E-state index in [0.29, 0.717) is 70.5 Å². The predicted octanol–water partition coefficient (Wildman–Crippen LogP) is 4.91. The number of amides is 2. The summed E-state index contributed by atoms with van der Waals surface area (Å²) < 4.78 is 23.7. The van der Waals surface area contributed by atoms with E-state index >= 15 is 0 Å². The smallest absolute Gasteiger partial charge is 0.312 e. The molecule has 73 heavy (non-hydrogen) atoms. The summed E-state index contributed by atoms with van der Waals surface area (Å²) in [6.45, 7) is 21.2. The van der Waals surface area contributed by atoms with Crippen LogP contribution in [0.15, 0.2) is 53.6 Å². The molecular formula is C53H71N5O15. The largest absolute Gasteiger partial charge is 0.507 e. The zero-order valence-corrected chi connectivity index (χ0v) is 43.0. The Balaban J connectivity index is 1.46. The number of aliphatic hydroxyl groups is 2. The Morgan fingerprint density at radius 2 is 1.60 bits per heavy atom. The van der Waals surface area contributed by atoms with Crippen LogP contribution in [-0.2, 0) is 38.2 Å². The molecule has 2 aromatic rings. The molecular weight excluding hydrogens is 947 g/mol. The number of fused-ring (bicyclic) bond motifs is 14. The second-order valence-corrected chi connectivity index (χ2v) is 19.4. The maximum Gasteiger partial charge on any atom is 0.312 e. The van der Waals surface area contributed by atoms with Crippen LogP contribution < -0.4 is 15.4 Å². The second-order valence-electron chi connectivity index (χ2n) is 19.4. The molecule has 0 unspecified atom stereocenters. The van der Waals surface area contributed by atoms with E-state index in [1.165, 1.54) is 46.2 Å². The van der Waals surface area contributed by atoms with Gasteiger partial charge in [0, 0.05) is 93.7 Å². The number of ether oxygens (including phenoxy) is 4. The lowest BCUT2D eigenvalue weighted by Gasteiger charge is -2.37. The molecule has 4 heterocycles. The highest BCUT2D eigenvalue weighted by Gasteiger charge is 2.50. The van der Waals surface area contributed by atoms with Crippen LogP contribution in [0.2, 0.25) is 0 Å². The van der Waals surface area contributed by atoms with Gasteiger partial charge in [-0.15, -0.1) is 0 Å². The Kier molecular flexibility index (Phi) is 19.4. The molecule has 5 bridgehead atoms. The number of esters is 1. The highest BCUT2D eigenvalue weighted by atomic mass is 16.7. The summed E-state index contributed by atoms with van der Waals surface area (Å²) in [7, 11) is 0. The number of nitrogens with one attached hydrogen (secondary N) is 2. The molecule has 1 fully saturated rings. The molecule has 4 aliphatic heterocycles. The normalized spacial score (nSPS) is 27.9. The molecule has 20 nitrogen and oxygen atoms in total. The van der Waals surface area contributed by atoms with Gasteiger partial charge in [0.2, 0.25) is 5.91 Å². The van der Waals surface area contributed by atoms with Crippen molar-refractivity contribution in [3.63, 3.8) is 0 Å². The van der Waals surface area contributed by atoms with Crippen LogP contribution in [0.1, 0.15) is 96.1 Å². The van der Waals surface area contributed by atoms with E-state index in [-0.39, 0.29) is 56.8 Å². The molecule has 4 aliphatic rings. The predicted molar refractivity (Wildman–Crippen MR) is 271 cm³/mol. The minimum atomic E-state index is -2.04. The number of nitrogens with zero attached hydrogens (tertiary/aromatic N) is 3. The average molecular weight is 1020 g/mol. The number of benzene rings is 2. The van der Waals surface area contributed by atoms with Crippen molar-refractivity contribution in [3.05, 3.63) is 65.2 Å². The SMILES string of the molecule is C=C(CCCC(=O)NC(C=O)C=O)OCCN1CCN(/N=C/c2c3c(O)c4c(O)c(C)c5c(c4c2O)C(=O)[C@@](C)(O/C=C/[C@H](C)[C@@H](C)[C@@H](OC(C)=O)[C@H](C)[C@H](O)[C@H](C)[C@@H](O)[C@@H](C)/C=C/C=C(/C)C(=O)N3)O5)CC1. The van der Waals surface area contributed by atoms with Gasteiger partial charge in [-0.2, -0.15) is 5.10 Å². The summed E-state index contributed by atoms with van der Waals surface area (Å²) in [6.07, 6.45) is 7.51. The summed E-state index contributed by atoms with van der Waals surface area (Å²) in [5.41, 5.74) is -0.528. The van der Waals surface area contributed by atoms with Crippen LogP contribution in [0, 0.1) is 36.5 Å². The molecule has 6 rings (SSSR count). The average Bonchev–Trinajstić information content (AvgIpc) is 3.62. The monoisotopic (exact) mass is 1020 g/mol. The van der Waals surface area contributed by atoms with E-state index < -0.39 is 94.6 Å². The molecule has 20 heteroatoms. The number of carbonyl (C=O) groups is 6. The molecule has 398 valence electrons. The lowest BCUT2D eigenvalue weighted by atomic mass is 9.77. The first kappa shape index (κ1) is 57.1. The van der Waals surface area contributed by atoms with E-state index in [1.807, 2.05) is 13.8 Å². The van der Waals surface area contributed by atoms with Gasteiger partial charge < -0.3 is 64.7 Å². The van der Waals surface area contributed by atoms with Crippen molar-refractivity contribution in [1.29, 1.82) is 0 Å². The molecule has 0 saturated carbocycles. The molecule has 2 amide bonds. The van der Waals surface area contributed by atoms with Crippen LogP contribution in [-0.4, -0.2) is 147 Å². The molecule has 7 N–H and O–H groups in total. The highest BCUT2D eigenvalue weighted by Crippen LogP contribution is 2.55. The van der Waals surface area contributed by atoms with Gasteiger partial charge in [0.05, 0.1) is 52.6 Å². The molecule has 0 radical (unpaired) electrons. The number of aliphatic hydroxyl groups excluding tert-OH is 2. The van der Waals surface area contributed by atoms with E-state index in [0.717, 1.165) is 0 Å². The van der Waals surface area contributed by atoms with Gasteiger partial charge in [0.1, 0.15) is 48.6 Å². The number of hydrogen-bond acceptors (Lipinski definition) is 18. The maximum atomic E-state index is 14.6. The summed E-state index contributed by atoms with van der Waals surface area (Å²) in [5.74, 6) is -8.61. The van der Waals surface area contributed by atoms with Gasteiger partial charge >= 0.3 is 11.8 Å². The standard InChI is InChI=1S/C53H71N5O15/c1-28-17-23-71-53(10)51(68)42-40-41(46(65)35(8)50(42)73-53)48(67)43(56-52(69)30(3)14-11-13-29(2)44(63)33(6)45(64)34(7)49(32(28)5)72-36(9)61)38(47(40)66)25-54-58-20-18-57(19-21-58)22-24-70-31(4)15-12-16-39(62)55-37(26-59)27-60/h11,13-14,17,23,25-29,32-34,37,44-45,49,63-67H,4,12,15-16,18-22,24H2,1-3,5-10H3,(H,55,62)(H,56,69)/b13-11+,23-17+,30-14-,54-25+/t28-,29-,32+,33+,34+,44-,45+,49+,53-/m0/s1. The van der Waals surface area contributed by atoms with Crippen LogP contribution in [0.3, 0.4) is 0 Å². The van der Waals surface area contributed by atoms with Gasteiger partial charge in [-0.05, 0) is 38.2 Å². The van der Waals surface area contributed by atoms with Crippen molar-refractivity contribution >= 4 is 58.8 Å². The molecule has 0 spiro atoms. The number of phenolic OH excluding ortho intramolecular Hbond substituents is 3. The Morgan fingerprint density at radius 1 is 0.932 bits per heavy atom. The third-order valence-corrected chi connectivity index (χ3v) is 14.1. The zero-order valence-electron chi connectivity index (χ0n) is 43.0. The molecule has 9 atom stereocenters. The van der Waals surface area contributed by atoms with Gasteiger partial charge in [-0.1, -0.05) is 59.4 Å². The third-order valence-electron chi connectivity index (χ3n) is 14.1. The number of carbonyl (C=O) groups excluding carboxylic acids is 6. The Bertz CT molecular complexity index is 2540. The summed E-state index contributed by atoms with van der Waals surface area (Å²) in [5, 5.41) is 69.7. The van der Waals surface area contributed by atoms with E-state index in [1.54, 1.807) is 44.0 Å². The van der Waals surface area contributed by atoms with Crippen LogP contribution >= 0.6 is 0 Å². The Labute approximate surface area is 425 Å². The molecule has 0 aliphatic carbocycles. The number of ketones is 1. The van der Waals surface area contributed by atoms with E-state index in [9.17, 15) is 54.3 Å². The summed E-state index contributed by atoms with van der Waals surface area (Å²) >= 11 is 0. The van der Waals surface area contributed by atoms with Gasteiger partial charge in [0.25, 0.3) is 11.7 Å². The van der Waals surface area contributed by atoms with Crippen molar-refractivity contribution in [1.82, 2.24) is 15.2 Å². The molecule has 0 aromatic heterocycles. The Hall–Kier alpha value is -6.77. The van der Waals surface area contributed by atoms with Crippen LogP contribution in [0.4, 0.5) is 5.69 Å². The van der Waals surface area contributed by atoms with E-state index in [2.05, 4.69) is 27.2 Å². The summed E-state index contributed by atoms with van der Waals surface area (Å²) in [6, 6.07) is -1.17. The van der Waals surface area contributed by atoms with Crippen molar-refractivity contribution in [2.45, 2.75) is 112 Å². The minimum Gasteiger partial charge on any atom is -0.507 e. The fourth-order valence-electron chi connectivity index (χ4n) is 9.15. The number of piperazine rings is 1. The third kappa shape index (κ3) is 13.3. The van der Waals surface area contributed by atoms with E-state index in [4.69, 9.17) is 18.9 Å². The number of hydrogen-bond donors (Lipinski definition) is 7. The number of anilines is 1. The quantitative estimate of drug-likeness (QED) is 0.0252. The number of aldehydes is 2. The van der Waals surface area contributed by atoms with Gasteiger partial charge in [-0.3, -0.25) is 29.1 Å². The number of rotatable bonds is 14. The number of allylic oxidation sites excluding steroid dienone is 4. The van der Waals surface area contributed by atoms with Crippen molar-refractivity contribution in [3.8, 4) is 23.0 Å². The number of Topliss-reactive ketones (excluding diaryl/α,β-unsaturated/α-hetero) is 1. The Morgan fingerprint density at radius 3 is 2.25 bits per heavy atom. The maximum absolute atomic E-state index is 14.6. The first-order valence-electron chi connectivity index (χ1n) is 24.5.